The fourth-order valence-electron chi connectivity index (χ4n) is 0.722. The maximum atomic E-state index is 4.16. The number of aryl methyl sites for hydroxylation is 1. The second kappa shape index (κ2) is 2.73. The molecule has 1 nitrogen and oxygen atoms in total. The van der Waals surface area contributed by atoms with Gasteiger partial charge < -0.3 is 0 Å². The summed E-state index contributed by atoms with van der Waals surface area (Å²) in [5, 5.41) is 0. The molecule has 0 saturated carbocycles. The number of nitrogens with zero attached hydrogens (tertiary/aromatic N) is 1. The van der Waals surface area contributed by atoms with E-state index in [0.29, 0.717) is 0 Å². The Morgan fingerprint density at radius 1 is 1.22 bits per heavy atom. The van der Waals surface area contributed by atoms with Gasteiger partial charge in [-0.15, -0.1) is 0 Å². The van der Waals surface area contributed by atoms with Crippen LogP contribution in [0.2, 0.25) is 0 Å². The van der Waals surface area contributed by atoms with Crippen molar-refractivity contribution in [2.24, 2.45) is 0 Å². The Morgan fingerprint density at radius 2 is 1.67 bits per heavy atom. The van der Waals surface area contributed by atoms with Gasteiger partial charge in [0, 0.05) is 0 Å². The van der Waals surface area contributed by atoms with Crippen LogP contribution in [0.5, 0.6) is 0 Å². The monoisotopic (exact) mass is 157 g/mol. The second-order valence-electron chi connectivity index (χ2n) is 1.99. The van der Waals surface area contributed by atoms with Gasteiger partial charge in [0.2, 0.25) is 0 Å². The SMILES string of the molecule is Cc1cc(P)nc(P)c1. The van der Waals surface area contributed by atoms with Crippen molar-refractivity contribution in [1.82, 2.24) is 4.98 Å². The topological polar surface area (TPSA) is 12.9 Å². The molecule has 48 valence electrons. The molecule has 0 amide bonds. The normalized spacial score (nSPS) is 9.67. The lowest BCUT2D eigenvalue weighted by molar-refractivity contribution is 1.40. The first-order chi connectivity index (χ1) is 4.18. The molecule has 0 fully saturated rings. The summed E-state index contributed by atoms with van der Waals surface area (Å²) in [6.07, 6.45) is 0. The van der Waals surface area contributed by atoms with Crippen LogP contribution >= 0.6 is 18.5 Å². The van der Waals surface area contributed by atoms with E-state index in [0.717, 1.165) is 10.9 Å². The van der Waals surface area contributed by atoms with Gasteiger partial charge in [-0.25, -0.2) is 4.98 Å². The summed E-state index contributed by atoms with van der Waals surface area (Å²) in [7, 11) is 5.15. The van der Waals surface area contributed by atoms with Crippen molar-refractivity contribution < 1.29 is 0 Å². The van der Waals surface area contributed by atoms with Crippen LogP contribution in [0, 0.1) is 6.92 Å². The summed E-state index contributed by atoms with van der Waals surface area (Å²) < 4.78 is 0. The molecule has 3 heteroatoms. The Bertz CT molecular complexity index is 172. The fourth-order valence-corrected chi connectivity index (χ4v) is 1.69. The Kier molecular flexibility index (Phi) is 2.16. The molecule has 0 saturated heterocycles. The van der Waals surface area contributed by atoms with E-state index < -0.39 is 0 Å². The third-order valence-corrected chi connectivity index (χ3v) is 1.60. The van der Waals surface area contributed by atoms with E-state index in [-0.39, 0.29) is 0 Å². The lowest BCUT2D eigenvalue weighted by Gasteiger charge is -1.95. The van der Waals surface area contributed by atoms with Gasteiger partial charge in [-0.2, -0.15) is 0 Å². The molecule has 0 aliphatic carbocycles. The zero-order chi connectivity index (χ0) is 6.85. The van der Waals surface area contributed by atoms with E-state index in [2.05, 4.69) is 30.4 Å². The molecule has 1 aromatic heterocycles. The van der Waals surface area contributed by atoms with Crippen LogP contribution in [-0.2, 0) is 0 Å². The fraction of sp³-hybridized carbons (Fsp3) is 0.167. The van der Waals surface area contributed by atoms with E-state index in [1.807, 2.05) is 12.1 Å². The first kappa shape index (κ1) is 7.12. The summed E-state index contributed by atoms with van der Waals surface area (Å²) in [6, 6.07) is 4.05. The third-order valence-electron chi connectivity index (χ3n) is 1.01. The Labute approximate surface area is 59.7 Å². The average Bonchev–Trinajstić information content (AvgIpc) is 1.59. The van der Waals surface area contributed by atoms with Crippen LogP contribution in [-0.4, -0.2) is 4.98 Å². The molecule has 0 N–H and O–H groups in total. The highest BCUT2D eigenvalue weighted by atomic mass is 31.0. The predicted octanol–water partition coefficient (Wildman–Crippen LogP) is 0.391. The van der Waals surface area contributed by atoms with Gasteiger partial charge in [0.05, 0.1) is 10.9 Å². The largest absolute Gasteiger partial charge is 0.249 e. The Balaban J connectivity index is 3.17. The zero-order valence-corrected chi connectivity index (χ0v) is 7.57. The first-order valence-electron chi connectivity index (χ1n) is 2.68. The molecule has 1 rings (SSSR count). The van der Waals surface area contributed by atoms with Crippen molar-refractivity contribution in [2.75, 3.05) is 0 Å². The highest BCUT2D eigenvalue weighted by Gasteiger charge is 1.89. The van der Waals surface area contributed by atoms with Gasteiger partial charge in [0.15, 0.2) is 0 Å². The quantitative estimate of drug-likeness (QED) is 0.496. The summed E-state index contributed by atoms with van der Waals surface area (Å²) >= 11 is 0. The van der Waals surface area contributed by atoms with Gasteiger partial charge in [-0.1, -0.05) is 18.5 Å². The van der Waals surface area contributed by atoms with Crippen LogP contribution < -0.4 is 10.9 Å². The summed E-state index contributed by atoms with van der Waals surface area (Å²) in [6.45, 7) is 2.06. The molecular weight excluding hydrogens is 148 g/mol. The summed E-state index contributed by atoms with van der Waals surface area (Å²) in [4.78, 5) is 4.16. The number of hydrogen-bond donors (Lipinski definition) is 0. The van der Waals surface area contributed by atoms with Crippen molar-refractivity contribution in [3.05, 3.63) is 17.7 Å². The number of hydrogen-bond acceptors (Lipinski definition) is 1. The van der Waals surface area contributed by atoms with Crippen LogP contribution in [0.25, 0.3) is 0 Å². The van der Waals surface area contributed by atoms with Crippen molar-refractivity contribution in [2.45, 2.75) is 6.92 Å². The van der Waals surface area contributed by atoms with Gasteiger partial charge in [0.1, 0.15) is 0 Å². The summed E-state index contributed by atoms with van der Waals surface area (Å²) in [5.74, 6) is 0. The Morgan fingerprint density at radius 3 is 2.00 bits per heavy atom. The van der Waals surface area contributed by atoms with Crippen molar-refractivity contribution in [1.29, 1.82) is 0 Å². The predicted molar refractivity (Wildman–Crippen MR) is 47.7 cm³/mol. The standard InChI is InChI=1S/C6H9NP2/c1-4-2-5(8)7-6(9)3-4/h2-3H,8-9H2,1H3. The van der Waals surface area contributed by atoms with Crippen LogP contribution in [0.4, 0.5) is 0 Å². The Hall–Kier alpha value is 0.01000. The minimum atomic E-state index is 1.00. The number of aromatic nitrogens is 1. The average molecular weight is 157 g/mol. The van der Waals surface area contributed by atoms with E-state index in [1.165, 1.54) is 5.56 Å². The second-order valence-corrected chi connectivity index (χ2v) is 3.18. The molecule has 2 atom stereocenters. The van der Waals surface area contributed by atoms with Crippen LogP contribution in [0.1, 0.15) is 5.56 Å². The van der Waals surface area contributed by atoms with Crippen molar-refractivity contribution in [3.8, 4) is 0 Å². The van der Waals surface area contributed by atoms with Crippen LogP contribution in [0.3, 0.4) is 0 Å². The van der Waals surface area contributed by atoms with Gasteiger partial charge in [-0.3, -0.25) is 0 Å². The smallest absolute Gasteiger partial charge is 0.0579 e. The molecule has 0 bridgehead atoms. The van der Waals surface area contributed by atoms with Crippen molar-refractivity contribution in [3.63, 3.8) is 0 Å². The lowest BCUT2D eigenvalue weighted by Crippen LogP contribution is -2.09. The van der Waals surface area contributed by atoms with Crippen molar-refractivity contribution >= 4 is 29.3 Å². The maximum absolute atomic E-state index is 4.16. The summed E-state index contributed by atoms with van der Waals surface area (Å²) in [5.41, 5.74) is 3.25. The molecular formula is C6H9NP2. The molecule has 0 spiro atoms. The van der Waals surface area contributed by atoms with E-state index in [4.69, 9.17) is 0 Å². The van der Waals surface area contributed by atoms with E-state index >= 15 is 0 Å². The number of pyridine rings is 1. The zero-order valence-electron chi connectivity index (χ0n) is 5.26. The molecule has 0 aliphatic rings. The molecule has 0 aliphatic heterocycles. The highest BCUT2D eigenvalue weighted by Crippen LogP contribution is 1.93. The molecule has 0 aromatic carbocycles. The molecule has 1 aromatic rings. The van der Waals surface area contributed by atoms with E-state index in [1.54, 1.807) is 0 Å². The molecule has 1 heterocycles. The van der Waals surface area contributed by atoms with Gasteiger partial charge >= 0.3 is 0 Å². The van der Waals surface area contributed by atoms with E-state index in [9.17, 15) is 0 Å². The third kappa shape index (κ3) is 2.01. The van der Waals surface area contributed by atoms with Gasteiger partial charge in [-0.05, 0) is 24.6 Å². The molecule has 2 unspecified atom stereocenters. The molecule has 9 heavy (non-hydrogen) atoms. The maximum Gasteiger partial charge on any atom is 0.0579 e. The highest BCUT2D eigenvalue weighted by molar-refractivity contribution is 7.28. The minimum Gasteiger partial charge on any atom is -0.249 e. The first-order valence-corrected chi connectivity index (χ1v) is 3.83. The molecule has 0 radical (unpaired) electrons. The number of rotatable bonds is 0. The van der Waals surface area contributed by atoms with Gasteiger partial charge in [0.25, 0.3) is 0 Å². The van der Waals surface area contributed by atoms with Crippen LogP contribution in [0.15, 0.2) is 12.1 Å². The minimum absolute atomic E-state index is 1.00. The lowest BCUT2D eigenvalue weighted by atomic mass is 10.3.